The first kappa shape index (κ1) is 26.4. The Morgan fingerprint density at radius 2 is 1.89 bits per heavy atom. The second kappa shape index (κ2) is 10.9. The minimum absolute atomic E-state index is 0.0327. The number of benzene rings is 2. The number of ether oxygens (including phenoxy) is 1. The van der Waals surface area contributed by atoms with Gasteiger partial charge in [-0.05, 0) is 37.5 Å². The standard InChI is InChI=1S/C26H30ClN5O3S2/c1-18-25(28)26(17-35-18)10-12-32(13-11-26)22-15-30-23(16-29-22)36-20-8-5-9-21(24(20)27)37(33,34)31-14-19-6-3-2-4-7-19/h2-9,15-16,18,25,31H,10-14,17,28H2,1H3/t18-,25+/m0/s1. The molecule has 0 amide bonds. The van der Waals surface area contributed by atoms with Crippen molar-refractivity contribution in [3.63, 3.8) is 0 Å². The van der Waals surface area contributed by atoms with Crippen LogP contribution in [-0.2, 0) is 21.3 Å². The van der Waals surface area contributed by atoms with Crippen LogP contribution in [0.3, 0.4) is 0 Å². The highest BCUT2D eigenvalue weighted by Crippen LogP contribution is 2.42. The second-order valence-corrected chi connectivity index (χ2v) is 12.8. The van der Waals surface area contributed by atoms with Crippen LogP contribution in [0, 0.1) is 5.41 Å². The van der Waals surface area contributed by atoms with Gasteiger partial charge in [0.05, 0.1) is 30.1 Å². The van der Waals surface area contributed by atoms with Gasteiger partial charge in [0, 0.05) is 36.0 Å². The fourth-order valence-corrected chi connectivity index (χ4v) is 7.43. The number of halogens is 1. The lowest BCUT2D eigenvalue weighted by molar-refractivity contribution is 0.0974. The number of sulfonamides is 1. The van der Waals surface area contributed by atoms with E-state index in [-0.39, 0.29) is 34.0 Å². The Morgan fingerprint density at radius 3 is 2.54 bits per heavy atom. The molecule has 8 nitrogen and oxygen atoms in total. The summed E-state index contributed by atoms with van der Waals surface area (Å²) in [6, 6.07) is 14.3. The van der Waals surface area contributed by atoms with E-state index < -0.39 is 10.0 Å². The molecule has 0 saturated carbocycles. The topological polar surface area (TPSA) is 110 Å². The molecule has 0 unspecified atom stereocenters. The lowest BCUT2D eigenvalue weighted by Crippen LogP contribution is -2.50. The van der Waals surface area contributed by atoms with Crippen molar-refractivity contribution in [3.8, 4) is 0 Å². The summed E-state index contributed by atoms with van der Waals surface area (Å²) in [4.78, 5) is 12.0. The first-order valence-electron chi connectivity index (χ1n) is 12.2. The lowest BCUT2D eigenvalue weighted by Gasteiger charge is -2.41. The summed E-state index contributed by atoms with van der Waals surface area (Å²) < 4.78 is 34.3. The molecule has 11 heteroatoms. The number of nitrogens with one attached hydrogen (secondary N) is 1. The Balaban J connectivity index is 1.23. The maximum atomic E-state index is 12.9. The number of hydrogen-bond acceptors (Lipinski definition) is 8. The number of nitrogens with zero attached hydrogens (tertiary/aromatic N) is 3. The van der Waals surface area contributed by atoms with Crippen LogP contribution in [0.1, 0.15) is 25.3 Å². The van der Waals surface area contributed by atoms with E-state index in [1.165, 1.54) is 17.8 Å². The molecule has 2 atom stereocenters. The summed E-state index contributed by atoms with van der Waals surface area (Å²) in [5.41, 5.74) is 7.35. The van der Waals surface area contributed by atoms with Crippen LogP contribution >= 0.6 is 23.4 Å². The largest absolute Gasteiger partial charge is 0.376 e. The fourth-order valence-electron chi connectivity index (χ4n) is 4.92. The van der Waals surface area contributed by atoms with Crippen LogP contribution in [-0.4, -0.2) is 50.2 Å². The Kier molecular flexibility index (Phi) is 7.76. The van der Waals surface area contributed by atoms with Gasteiger partial charge in [-0.2, -0.15) is 0 Å². The third-order valence-electron chi connectivity index (χ3n) is 7.29. The zero-order valence-corrected chi connectivity index (χ0v) is 22.9. The summed E-state index contributed by atoms with van der Waals surface area (Å²) in [5, 5.41) is 0.788. The molecular formula is C26H30ClN5O3S2. The Morgan fingerprint density at radius 1 is 1.14 bits per heavy atom. The van der Waals surface area contributed by atoms with Crippen molar-refractivity contribution in [2.45, 2.75) is 53.3 Å². The Bertz CT molecular complexity index is 1330. The van der Waals surface area contributed by atoms with Crippen molar-refractivity contribution < 1.29 is 13.2 Å². The average Bonchev–Trinajstić information content (AvgIpc) is 3.18. The average molecular weight is 560 g/mol. The van der Waals surface area contributed by atoms with Crippen LogP contribution in [0.4, 0.5) is 5.82 Å². The highest BCUT2D eigenvalue weighted by atomic mass is 35.5. The van der Waals surface area contributed by atoms with Crippen molar-refractivity contribution in [2.75, 3.05) is 24.6 Å². The summed E-state index contributed by atoms with van der Waals surface area (Å²) in [7, 11) is -3.80. The van der Waals surface area contributed by atoms with Gasteiger partial charge in [-0.25, -0.2) is 23.1 Å². The minimum Gasteiger partial charge on any atom is -0.376 e. The third-order valence-corrected chi connectivity index (χ3v) is 10.3. The first-order valence-corrected chi connectivity index (χ1v) is 14.9. The predicted molar refractivity (Wildman–Crippen MR) is 145 cm³/mol. The molecule has 5 rings (SSSR count). The molecule has 0 bridgehead atoms. The maximum absolute atomic E-state index is 12.9. The zero-order valence-electron chi connectivity index (χ0n) is 20.5. The van der Waals surface area contributed by atoms with E-state index in [0.29, 0.717) is 9.92 Å². The molecule has 2 saturated heterocycles. The van der Waals surface area contributed by atoms with Gasteiger partial charge in [0.1, 0.15) is 15.7 Å². The molecule has 3 aromatic rings. The molecule has 3 heterocycles. The number of rotatable bonds is 7. The van der Waals surface area contributed by atoms with Gasteiger partial charge in [-0.1, -0.05) is 59.8 Å². The van der Waals surface area contributed by atoms with Crippen molar-refractivity contribution in [1.29, 1.82) is 0 Å². The quantitative estimate of drug-likeness (QED) is 0.445. The normalized spacial score (nSPS) is 21.4. The van der Waals surface area contributed by atoms with Crippen LogP contribution in [0.2, 0.25) is 5.02 Å². The van der Waals surface area contributed by atoms with Crippen LogP contribution in [0.15, 0.2) is 75.7 Å². The molecule has 196 valence electrons. The number of hydrogen-bond donors (Lipinski definition) is 2. The molecule has 2 aliphatic heterocycles. The van der Waals surface area contributed by atoms with E-state index >= 15 is 0 Å². The summed E-state index contributed by atoms with van der Waals surface area (Å²) in [6.07, 6.45) is 5.48. The van der Waals surface area contributed by atoms with Gasteiger partial charge < -0.3 is 15.4 Å². The molecule has 2 fully saturated rings. The van der Waals surface area contributed by atoms with Gasteiger partial charge >= 0.3 is 0 Å². The van der Waals surface area contributed by atoms with Crippen LogP contribution < -0.4 is 15.4 Å². The van der Waals surface area contributed by atoms with Crippen molar-refractivity contribution >= 4 is 39.2 Å². The van der Waals surface area contributed by atoms with Gasteiger partial charge in [-0.15, -0.1) is 0 Å². The molecule has 37 heavy (non-hydrogen) atoms. The van der Waals surface area contributed by atoms with Crippen LogP contribution in [0.25, 0.3) is 0 Å². The molecule has 2 aromatic carbocycles. The number of aromatic nitrogens is 2. The van der Waals surface area contributed by atoms with Crippen molar-refractivity contribution in [1.82, 2.24) is 14.7 Å². The first-order chi connectivity index (χ1) is 17.8. The van der Waals surface area contributed by atoms with Crippen molar-refractivity contribution in [2.24, 2.45) is 11.1 Å². The maximum Gasteiger partial charge on any atom is 0.242 e. The number of piperidine rings is 1. The van der Waals surface area contributed by atoms with Crippen LogP contribution in [0.5, 0.6) is 0 Å². The molecule has 0 aliphatic carbocycles. The van der Waals surface area contributed by atoms with Gasteiger partial charge in [0.15, 0.2) is 0 Å². The molecule has 2 aliphatic rings. The zero-order chi connectivity index (χ0) is 26.0. The van der Waals surface area contributed by atoms with E-state index in [9.17, 15) is 8.42 Å². The second-order valence-electron chi connectivity index (χ2n) is 9.58. The molecule has 1 aromatic heterocycles. The van der Waals surface area contributed by atoms with E-state index in [4.69, 9.17) is 22.1 Å². The summed E-state index contributed by atoms with van der Waals surface area (Å²) in [6.45, 7) is 4.66. The highest BCUT2D eigenvalue weighted by molar-refractivity contribution is 7.99. The van der Waals surface area contributed by atoms with Gasteiger partial charge in [-0.3, -0.25) is 0 Å². The van der Waals surface area contributed by atoms with E-state index in [1.807, 2.05) is 37.3 Å². The molecule has 3 N–H and O–H groups in total. The SMILES string of the molecule is C[C@@H]1OCC2(CCN(c3cnc(Sc4cccc(S(=O)(=O)NCc5ccccc5)c4Cl)cn3)CC2)[C@@H]1N. The monoisotopic (exact) mass is 559 g/mol. The summed E-state index contributed by atoms with van der Waals surface area (Å²) in [5.74, 6) is 0.812. The predicted octanol–water partition coefficient (Wildman–Crippen LogP) is 4.09. The van der Waals surface area contributed by atoms with E-state index in [1.54, 1.807) is 24.5 Å². The van der Waals surface area contributed by atoms with Crippen molar-refractivity contribution in [3.05, 3.63) is 71.5 Å². The molecule has 1 spiro atoms. The van der Waals surface area contributed by atoms with Gasteiger partial charge in [0.25, 0.3) is 0 Å². The smallest absolute Gasteiger partial charge is 0.242 e. The lowest BCUT2D eigenvalue weighted by atomic mass is 9.73. The summed E-state index contributed by atoms with van der Waals surface area (Å²) >= 11 is 7.82. The fraction of sp³-hybridized carbons (Fsp3) is 0.385. The highest BCUT2D eigenvalue weighted by Gasteiger charge is 2.47. The molecule has 0 radical (unpaired) electrons. The minimum atomic E-state index is -3.80. The number of nitrogens with two attached hydrogens (primary N) is 1. The Hall–Kier alpha value is -2.21. The third kappa shape index (κ3) is 5.64. The van der Waals surface area contributed by atoms with E-state index in [2.05, 4.69) is 19.6 Å². The Labute approximate surface area is 227 Å². The number of anilines is 1. The molecular weight excluding hydrogens is 530 g/mol. The van der Waals surface area contributed by atoms with E-state index in [0.717, 1.165) is 43.9 Å². The van der Waals surface area contributed by atoms with Gasteiger partial charge in [0.2, 0.25) is 10.0 Å².